The Morgan fingerprint density at radius 1 is 1.07 bits per heavy atom. The molecule has 1 amide bonds. The molecule has 1 atom stereocenters. The molecule has 1 aromatic heterocycles. The zero-order chi connectivity index (χ0) is 19.6. The predicted molar refractivity (Wildman–Crippen MR) is 98.8 cm³/mol. The van der Waals surface area contributed by atoms with Gasteiger partial charge in [-0.3, -0.25) is 24.7 Å². The van der Waals surface area contributed by atoms with Crippen LogP contribution in [0.4, 0.5) is 5.69 Å². The number of ketones is 1. The van der Waals surface area contributed by atoms with E-state index in [2.05, 4.69) is 15.3 Å². The fourth-order valence-electron chi connectivity index (χ4n) is 2.64. The number of fused-ring (bicyclic) bond motifs is 1. The second-order valence-corrected chi connectivity index (χ2v) is 6.04. The van der Waals surface area contributed by atoms with Gasteiger partial charge >= 0.3 is 6.04 Å². The maximum absolute atomic E-state index is 12.5. The standard InChI is InChI=1S/C19H16N4O4/c1-11-6-5-9-13(12(11)2)22-19(25)18(24)17(23(26)27)16-10-20-14-7-3-4-8-15(14)21-16/h3-10,17H,1-2H3,(H,22,25). The van der Waals surface area contributed by atoms with Crippen LogP contribution in [0.3, 0.4) is 0 Å². The molecule has 3 rings (SSSR count). The third kappa shape index (κ3) is 3.64. The first-order chi connectivity index (χ1) is 12.9. The molecule has 1 heterocycles. The van der Waals surface area contributed by atoms with Crippen molar-refractivity contribution in [2.24, 2.45) is 0 Å². The largest absolute Gasteiger partial charge is 0.322 e. The Hall–Kier alpha value is -3.68. The molecule has 2 aromatic carbocycles. The molecule has 0 aliphatic rings. The summed E-state index contributed by atoms with van der Waals surface area (Å²) >= 11 is 0. The van der Waals surface area contributed by atoms with Crippen LogP contribution in [0.2, 0.25) is 0 Å². The summed E-state index contributed by atoms with van der Waals surface area (Å²) in [5.74, 6) is -2.27. The molecule has 0 fully saturated rings. The van der Waals surface area contributed by atoms with Gasteiger partial charge in [0.2, 0.25) is 0 Å². The minimum absolute atomic E-state index is 0.181. The average Bonchev–Trinajstić information content (AvgIpc) is 2.65. The van der Waals surface area contributed by atoms with Crippen molar-refractivity contribution in [3.63, 3.8) is 0 Å². The minimum atomic E-state index is -1.92. The first kappa shape index (κ1) is 18.1. The number of aromatic nitrogens is 2. The summed E-state index contributed by atoms with van der Waals surface area (Å²) in [5, 5.41) is 13.9. The molecule has 0 aliphatic heterocycles. The van der Waals surface area contributed by atoms with Crippen LogP contribution in [-0.2, 0) is 9.59 Å². The van der Waals surface area contributed by atoms with Gasteiger partial charge in [-0.15, -0.1) is 0 Å². The quantitative estimate of drug-likeness (QED) is 0.423. The number of hydrogen-bond acceptors (Lipinski definition) is 6. The predicted octanol–water partition coefficient (Wildman–Crippen LogP) is 2.77. The van der Waals surface area contributed by atoms with Crippen molar-refractivity contribution in [3.05, 3.63) is 75.6 Å². The number of para-hydroxylation sites is 2. The molecule has 0 saturated heterocycles. The molecule has 136 valence electrons. The maximum atomic E-state index is 12.5. The molecule has 1 N–H and O–H groups in total. The number of nitrogens with one attached hydrogen (secondary N) is 1. The lowest BCUT2D eigenvalue weighted by molar-refractivity contribution is -0.513. The van der Waals surface area contributed by atoms with Gasteiger partial charge < -0.3 is 5.32 Å². The van der Waals surface area contributed by atoms with Gasteiger partial charge in [0.05, 0.1) is 17.2 Å². The number of rotatable bonds is 5. The summed E-state index contributed by atoms with van der Waals surface area (Å²) in [6.07, 6.45) is 1.15. The Morgan fingerprint density at radius 2 is 1.78 bits per heavy atom. The van der Waals surface area contributed by atoms with Gasteiger partial charge in [-0.05, 0) is 43.2 Å². The van der Waals surface area contributed by atoms with Crippen LogP contribution in [0.5, 0.6) is 0 Å². The minimum Gasteiger partial charge on any atom is -0.319 e. The molecule has 8 heteroatoms. The number of nitrogens with zero attached hydrogens (tertiary/aromatic N) is 3. The van der Waals surface area contributed by atoms with Crippen LogP contribution in [0.1, 0.15) is 22.9 Å². The van der Waals surface area contributed by atoms with E-state index in [-0.39, 0.29) is 5.69 Å². The maximum Gasteiger partial charge on any atom is 0.322 e. The summed E-state index contributed by atoms with van der Waals surface area (Å²) in [6, 6.07) is 10.1. The number of carbonyl (C=O) groups excluding carboxylic acids is 2. The van der Waals surface area contributed by atoms with Crippen molar-refractivity contribution in [2.45, 2.75) is 19.9 Å². The highest BCUT2D eigenvalue weighted by Gasteiger charge is 2.38. The van der Waals surface area contributed by atoms with Crippen LogP contribution < -0.4 is 5.32 Å². The van der Waals surface area contributed by atoms with Crippen molar-refractivity contribution < 1.29 is 14.5 Å². The van der Waals surface area contributed by atoms with Crippen LogP contribution in [-0.4, -0.2) is 26.6 Å². The van der Waals surface area contributed by atoms with Crippen molar-refractivity contribution in [1.82, 2.24) is 9.97 Å². The van der Waals surface area contributed by atoms with E-state index in [1.165, 1.54) is 0 Å². The lowest BCUT2D eigenvalue weighted by atomic mass is 10.1. The van der Waals surface area contributed by atoms with Gasteiger partial charge in [0.25, 0.3) is 11.7 Å². The molecule has 3 aromatic rings. The second kappa shape index (κ2) is 7.28. The normalized spacial score (nSPS) is 11.8. The first-order valence-electron chi connectivity index (χ1n) is 8.15. The molecule has 0 aliphatic carbocycles. The van der Waals surface area contributed by atoms with Crippen molar-refractivity contribution >= 4 is 28.4 Å². The number of hydrogen-bond donors (Lipinski definition) is 1. The van der Waals surface area contributed by atoms with Crippen LogP contribution in [0.15, 0.2) is 48.7 Å². The van der Waals surface area contributed by atoms with E-state index in [4.69, 9.17) is 0 Å². The van der Waals surface area contributed by atoms with Crippen molar-refractivity contribution in [2.75, 3.05) is 5.32 Å². The summed E-state index contributed by atoms with van der Waals surface area (Å²) in [6.45, 7) is 3.65. The molecule has 0 saturated carbocycles. The van der Waals surface area contributed by atoms with E-state index in [0.29, 0.717) is 16.7 Å². The molecule has 0 bridgehead atoms. The molecule has 1 unspecified atom stereocenters. The van der Waals surface area contributed by atoms with Crippen LogP contribution in [0.25, 0.3) is 11.0 Å². The lowest BCUT2D eigenvalue weighted by Crippen LogP contribution is -2.33. The number of Topliss-reactive ketones (excluding diaryl/α,β-unsaturated/α-hetero) is 1. The second-order valence-electron chi connectivity index (χ2n) is 6.04. The molecular formula is C19H16N4O4. The lowest BCUT2D eigenvalue weighted by Gasteiger charge is -2.11. The van der Waals surface area contributed by atoms with Crippen molar-refractivity contribution in [1.29, 1.82) is 0 Å². The number of anilines is 1. The van der Waals surface area contributed by atoms with E-state index in [0.717, 1.165) is 17.3 Å². The van der Waals surface area contributed by atoms with E-state index in [1.807, 2.05) is 13.0 Å². The topological polar surface area (TPSA) is 115 Å². The Morgan fingerprint density at radius 3 is 2.48 bits per heavy atom. The summed E-state index contributed by atoms with van der Waals surface area (Å²) in [5.41, 5.74) is 2.90. The average molecular weight is 364 g/mol. The summed E-state index contributed by atoms with van der Waals surface area (Å²) in [4.78, 5) is 43.7. The van der Waals surface area contributed by atoms with Gasteiger partial charge in [-0.25, -0.2) is 4.98 Å². The Kier molecular flexibility index (Phi) is 4.89. The third-order valence-corrected chi connectivity index (χ3v) is 4.28. The van der Waals surface area contributed by atoms with E-state index < -0.39 is 22.7 Å². The zero-order valence-corrected chi connectivity index (χ0v) is 14.7. The first-order valence-corrected chi connectivity index (χ1v) is 8.15. The van der Waals surface area contributed by atoms with E-state index >= 15 is 0 Å². The SMILES string of the molecule is Cc1cccc(NC(=O)C(=O)C(c2cnc3ccccc3n2)[N+](=O)[O-])c1C. The fourth-order valence-corrected chi connectivity index (χ4v) is 2.64. The summed E-state index contributed by atoms with van der Waals surface area (Å²) < 4.78 is 0. The van der Waals surface area contributed by atoms with Gasteiger partial charge in [-0.1, -0.05) is 24.3 Å². The third-order valence-electron chi connectivity index (χ3n) is 4.28. The van der Waals surface area contributed by atoms with Crippen LogP contribution >= 0.6 is 0 Å². The number of nitro groups is 1. The molecule has 27 heavy (non-hydrogen) atoms. The number of aryl methyl sites for hydroxylation is 1. The van der Waals surface area contributed by atoms with E-state index in [9.17, 15) is 19.7 Å². The van der Waals surface area contributed by atoms with Crippen molar-refractivity contribution in [3.8, 4) is 0 Å². The molecule has 0 spiro atoms. The highest BCUT2D eigenvalue weighted by Crippen LogP contribution is 2.21. The number of amides is 1. The van der Waals surface area contributed by atoms with E-state index in [1.54, 1.807) is 43.3 Å². The highest BCUT2D eigenvalue weighted by atomic mass is 16.6. The fraction of sp³-hybridized carbons (Fsp3) is 0.158. The zero-order valence-electron chi connectivity index (χ0n) is 14.7. The Balaban J connectivity index is 1.91. The Bertz CT molecular complexity index is 1060. The van der Waals surface area contributed by atoms with Crippen LogP contribution in [0, 0.1) is 24.0 Å². The highest BCUT2D eigenvalue weighted by molar-refractivity contribution is 6.42. The molecular weight excluding hydrogens is 348 g/mol. The number of carbonyl (C=O) groups is 2. The summed E-state index contributed by atoms with van der Waals surface area (Å²) in [7, 11) is 0. The monoisotopic (exact) mass is 364 g/mol. The molecule has 0 radical (unpaired) electrons. The number of benzene rings is 2. The molecule has 8 nitrogen and oxygen atoms in total. The van der Waals surface area contributed by atoms with Gasteiger partial charge in [0.15, 0.2) is 0 Å². The Labute approximate surface area is 154 Å². The van der Waals surface area contributed by atoms with Gasteiger partial charge in [-0.2, -0.15) is 0 Å². The van der Waals surface area contributed by atoms with Gasteiger partial charge in [0.1, 0.15) is 5.69 Å². The van der Waals surface area contributed by atoms with Gasteiger partial charge in [0, 0.05) is 10.6 Å². The smallest absolute Gasteiger partial charge is 0.319 e.